The Bertz CT molecular complexity index is 488. The maximum absolute atomic E-state index is 12.7. The third-order valence-corrected chi connectivity index (χ3v) is 4.68. The Balaban J connectivity index is 2.87. The lowest BCUT2D eigenvalue weighted by atomic mass is 9.98. The second-order valence-electron chi connectivity index (χ2n) is 6.93. The monoisotopic (exact) mass is 337 g/mol. The van der Waals surface area contributed by atoms with Crippen molar-refractivity contribution in [2.45, 2.75) is 59.0 Å². The molecule has 2 unspecified atom stereocenters. The van der Waals surface area contributed by atoms with Gasteiger partial charge in [0, 0.05) is 25.2 Å². The van der Waals surface area contributed by atoms with Crippen molar-refractivity contribution in [2.24, 2.45) is 5.92 Å². The third kappa shape index (κ3) is 5.35. The summed E-state index contributed by atoms with van der Waals surface area (Å²) in [6, 6.07) is 0.0817. The second-order valence-corrected chi connectivity index (χ2v) is 6.93. The number of carbonyl (C=O) groups excluding carboxylic acids is 3. The highest BCUT2D eigenvalue weighted by molar-refractivity contribution is 5.93. The predicted molar refractivity (Wildman–Crippen MR) is 94.2 cm³/mol. The van der Waals surface area contributed by atoms with Crippen LogP contribution in [0.15, 0.2) is 11.6 Å². The summed E-state index contributed by atoms with van der Waals surface area (Å²) in [5, 5.41) is 2.39. The third-order valence-electron chi connectivity index (χ3n) is 4.68. The van der Waals surface area contributed by atoms with Gasteiger partial charge >= 0.3 is 0 Å². The maximum atomic E-state index is 12.7. The average molecular weight is 337 g/mol. The standard InChI is InChI=1S/C18H31N3O3/c1-13(2)16(20(5)17(23)11-19-12-22)10-14(3)18(24)21-9-7-6-8-15(21)4/h10,12-13,15-16H,6-9,11H2,1-5H3,(H,19,22). The molecule has 1 fully saturated rings. The van der Waals surface area contributed by atoms with E-state index >= 15 is 0 Å². The molecule has 6 nitrogen and oxygen atoms in total. The van der Waals surface area contributed by atoms with Gasteiger partial charge in [0.25, 0.3) is 0 Å². The SMILES string of the molecule is CC(=CC(C(C)C)N(C)C(=O)CNC=O)C(=O)N1CCCCC1C. The fourth-order valence-electron chi connectivity index (χ4n) is 3.13. The molecule has 1 aliphatic rings. The van der Waals surface area contributed by atoms with Crippen LogP contribution >= 0.6 is 0 Å². The van der Waals surface area contributed by atoms with Crippen LogP contribution in [0.1, 0.15) is 47.0 Å². The summed E-state index contributed by atoms with van der Waals surface area (Å²) in [7, 11) is 1.71. The number of rotatable bonds is 7. The number of nitrogens with one attached hydrogen (secondary N) is 1. The summed E-state index contributed by atoms with van der Waals surface area (Å²) in [6.07, 6.45) is 5.66. The van der Waals surface area contributed by atoms with Gasteiger partial charge in [-0.3, -0.25) is 14.4 Å². The molecule has 0 aliphatic carbocycles. The Labute approximate surface area is 145 Å². The molecule has 1 rings (SSSR count). The minimum Gasteiger partial charge on any atom is -0.350 e. The second kappa shape index (κ2) is 9.45. The number of hydrogen-bond acceptors (Lipinski definition) is 3. The molecule has 136 valence electrons. The quantitative estimate of drug-likeness (QED) is 0.566. The molecule has 3 amide bonds. The molecule has 1 N–H and O–H groups in total. The lowest BCUT2D eigenvalue weighted by Crippen LogP contribution is -2.45. The fraction of sp³-hybridized carbons (Fsp3) is 0.722. The van der Waals surface area contributed by atoms with E-state index in [1.54, 1.807) is 11.9 Å². The molecule has 0 radical (unpaired) electrons. The highest BCUT2D eigenvalue weighted by Gasteiger charge is 2.26. The largest absolute Gasteiger partial charge is 0.350 e. The van der Waals surface area contributed by atoms with Gasteiger partial charge in [-0.1, -0.05) is 19.9 Å². The van der Waals surface area contributed by atoms with Crippen molar-refractivity contribution < 1.29 is 14.4 Å². The summed E-state index contributed by atoms with van der Waals surface area (Å²) < 4.78 is 0. The highest BCUT2D eigenvalue weighted by Crippen LogP contribution is 2.20. The molecule has 0 spiro atoms. The highest BCUT2D eigenvalue weighted by atomic mass is 16.2. The molecule has 0 aromatic carbocycles. The number of amides is 3. The van der Waals surface area contributed by atoms with E-state index in [0.29, 0.717) is 12.0 Å². The van der Waals surface area contributed by atoms with Crippen LogP contribution in [0.5, 0.6) is 0 Å². The summed E-state index contributed by atoms with van der Waals surface area (Å²) in [5.41, 5.74) is 0.672. The zero-order valence-corrected chi connectivity index (χ0v) is 15.5. The predicted octanol–water partition coefficient (Wildman–Crippen LogP) is 1.56. The molecule has 1 heterocycles. The van der Waals surface area contributed by atoms with Crippen LogP contribution < -0.4 is 5.32 Å². The van der Waals surface area contributed by atoms with E-state index in [9.17, 15) is 14.4 Å². The van der Waals surface area contributed by atoms with Crippen LogP contribution in [0.3, 0.4) is 0 Å². The van der Waals surface area contributed by atoms with Crippen LogP contribution in [0.25, 0.3) is 0 Å². The molecule has 0 aromatic heterocycles. The first kappa shape index (κ1) is 20.2. The van der Waals surface area contributed by atoms with Crippen molar-refractivity contribution >= 4 is 18.2 Å². The van der Waals surface area contributed by atoms with Gasteiger partial charge in [0.2, 0.25) is 18.2 Å². The van der Waals surface area contributed by atoms with Crippen molar-refractivity contribution in [2.75, 3.05) is 20.1 Å². The van der Waals surface area contributed by atoms with Crippen molar-refractivity contribution in [3.8, 4) is 0 Å². The number of nitrogens with zero attached hydrogens (tertiary/aromatic N) is 2. The normalized spacial score (nSPS) is 19.8. The van der Waals surface area contributed by atoms with Crippen LogP contribution in [0.4, 0.5) is 0 Å². The molecule has 0 bridgehead atoms. The van der Waals surface area contributed by atoms with Gasteiger partial charge in [-0.25, -0.2) is 0 Å². The molecular formula is C18H31N3O3. The van der Waals surface area contributed by atoms with Gasteiger partial charge in [-0.05, 0) is 39.0 Å². The van der Waals surface area contributed by atoms with Crippen LogP contribution in [0, 0.1) is 5.92 Å². The van der Waals surface area contributed by atoms with Crippen LogP contribution in [0.2, 0.25) is 0 Å². The summed E-state index contributed by atoms with van der Waals surface area (Å²) in [4.78, 5) is 38.8. The van der Waals surface area contributed by atoms with E-state index < -0.39 is 0 Å². The van der Waals surface area contributed by atoms with Gasteiger partial charge in [0.1, 0.15) is 0 Å². The Morgan fingerprint density at radius 3 is 2.54 bits per heavy atom. The van der Waals surface area contributed by atoms with E-state index in [1.807, 2.05) is 31.7 Å². The lowest BCUT2D eigenvalue weighted by Gasteiger charge is -2.34. The van der Waals surface area contributed by atoms with Gasteiger partial charge in [-0.15, -0.1) is 0 Å². The smallest absolute Gasteiger partial charge is 0.249 e. The molecule has 6 heteroatoms. The first-order valence-electron chi connectivity index (χ1n) is 8.71. The molecular weight excluding hydrogens is 306 g/mol. The number of likely N-dealkylation sites (N-methyl/N-ethyl adjacent to an activating group) is 1. The molecule has 1 saturated heterocycles. The minimum absolute atomic E-state index is 0.0345. The lowest BCUT2D eigenvalue weighted by molar-refractivity contribution is -0.132. The molecule has 24 heavy (non-hydrogen) atoms. The molecule has 1 aliphatic heterocycles. The van der Waals surface area contributed by atoms with Gasteiger partial charge < -0.3 is 15.1 Å². The number of piperidine rings is 1. The van der Waals surface area contributed by atoms with E-state index in [2.05, 4.69) is 12.2 Å². The molecule has 2 atom stereocenters. The zero-order valence-electron chi connectivity index (χ0n) is 15.5. The maximum Gasteiger partial charge on any atom is 0.249 e. The average Bonchev–Trinajstić information content (AvgIpc) is 2.56. The Kier molecular flexibility index (Phi) is 7.95. The van der Waals surface area contributed by atoms with Gasteiger partial charge in [-0.2, -0.15) is 0 Å². The van der Waals surface area contributed by atoms with Gasteiger partial charge in [0.05, 0.1) is 12.6 Å². The van der Waals surface area contributed by atoms with Gasteiger partial charge in [0.15, 0.2) is 0 Å². The van der Waals surface area contributed by atoms with E-state index in [1.165, 1.54) is 6.42 Å². The summed E-state index contributed by atoms with van der Waals surface area (Å²) in [6.45, 7) is 8.70. The van der Waals surface area contributed by atoms with Crippen LogP contribution in [-0.4, -0.2) is 60.2 Å². The Morgan fingerprint density at radius 2 is 2.00 bits per heavy atom. The van der Waals surface area contributed by atoms with Crippen molar-refractivity contribution in [1.82, 2.24) is 15.1 Å². The van der Waals surface area contributed by atoms with Crippen molar-refractivity contribution in [1.29, 1.82) is 0 Å². The van der Waals surface area contributed by atoms with E-state index in [-0.39, 0.29) is 36.4 Å². The van der Waals surface area contributed by atoms with Crippen molar-refractivity contribution in [3.63, 3.8) is 0 Å². The number of carbonyl (C=O) groups is 3. The Hall–Kier alpha value is -1.85. The zero-order chi connectivity index (χ0) is 18.3. The van der Waals surface area contributed by atoms with Crippen LogP contribution in [-0.2, 0) is 14.4 Å². The summed E-state index contributed by atoms with van der Waals surface area (Å²) >= 11 is 0. The number of hydrogen-bond donors (Lipinski definition) is 1. The number of likely N-dealkylation sites (tertiary alicyclic amines) is 1. The van der Waals surface area contributed by atoms with E-state index in [0.717, 1.165) is 19.4 Å². The topological polar surface area (TPSA) is 69.7 Å². The fourth-order valence-corrected chi connectivity index (χ4v) is 3.13. The first-order chi connectivity index (χ1) is 11.3. The Morgan fingerprint density at radius 1 is 1.33 bits per heavy atom. The van der Waals surface area contributed by atoms with Crippen molar-refractivity contribution in [3.05, 3.63) is 11.6 Å². The molecule has 0 aromatic rings. The first-order valence-corrected chi connectivity index (χ1v) is 8.71. The summed E-state index contributed by atoms with van der Waals surface area (Å²) in [5.74, 6) is 0.0417. The minimum atomic E-state index is -0.185. The molecule has 0 saturated carbocycles. The van der Waals surface area contributed by atoms with E-state index in [4.69, 9.17) is 0 Å².